The summed E-state index contributed by atoms with van der Waals surface area (Å²) in [5.41, 5.74) is -1.92. The molecule has 1 saturated carbocycles. The highest BCUT2D eigenvalue weighted by atomic mass is 19.4. The summed E-state index contributed by atoms with van der Waals surface area (Å²) in [5.74, 6) is -3.51. The molecule has 11 heteroatoms. The standard InChI is InChI=1S/C28H22F5N3O3/c1-3-39-25(37)19-12-18(13-22(30)24(19)15-4-5-16-14-34-36(2)23(16)10-15)35-26(38)27(8-9-27)20-7-6-17(11-21(20)29)28(31,32)33/h4-7,10-14H,3,8-9H2,1-2H3,(H,35,38). The molecule has 3 aromatic carbocycles. The van der Waals surface area contributed by atoms with E-state index in [-0.39, 0.29) is 41.8 Å². The molecule has 202 valence electrons. The first kappa shape index (κ1) is 26.3. The van der Waals surface area contributed by atoms with Gasteiger partial charge in [0.15, 0.2) is 0 Å². The lowest BCUT2D eigenvalue weighted by Gasteiger charge is -2.19. The fourth-order valence-electron chi connectivity index (χ4n) is 4.72. The van der Waals surface area contributed by atoms with Crippen LogP contribution >= 0.6 is 0 Å². The molecule has 5 rings (SSSR count). The number of nitrogens with zero attached hydrogens (tertiary/aromatic N) is 2. The van der Waals surface area contributed by atoms with Crippen molar-refractivity contribution < 1.29 is 36.3 Å². The van der Waals surface area contributed by atoms with Crippen LogP contribution in [0.25, 0.3) is 22.0 Å². The minimum Gasteiger partial charge on any atom is -0.462 e. The molecule has 1 fully saturated rings. The van der Waals surface area contributed by atoms with Crippen molar-refractivity contribution in [3.05, 3.63) is 83.1 Å². The van der Waals surface area contributed by atoms with Gasteiger partial charge in [-0.2, -0.15) is 18.3 Å². The topological polar surface area (TPSA) is 73.2 Å². The summed E-state index contributed by atoms with van der Waals surface area (Å²) in [6.07, 6.45) is -2.70. The molecule has 39 heavy (non-hydrogen) atoms. The molecule has 6 nitrogen and oxygen atoms in total. The molecule has 1 aromatic heterocycles. The number of fused-ring (bicyclic) bond motifs is 1. The van der Waals surface area contributed by atoms with Crippen LogP contribution < -0.4 is 5.32 Å². The maximum absolute atomic E-state index is 15.6. The van der Waals surface area contributed by atoms with Gasteiger partial charge in [-0.3, -0.25) is 9.48 Å². The van der Waals surface area contributed by atoms with Crippen molar-refractivity contribution in [3.8, 4) is 11.1 Å². The Kier molecular flexibility index (Phi) is 6.40. The van der Waals surface area contributed by atoms with E-state index in [2.05, 4.69) is 10.4 Å². The molecule has 0 radical (unpaired) electrons. The van der Waals surface area contributed by atoms with Gasteiger partial charge in [-0.15, -0.1) is 0 Å². The van der Waals surface area contributed by atoms with Crippen LogP contribution in [-0.4, -0.2) is 28.3 Å². The minimum absolute atomic E-state index is 0.0214. The van der Waals surface area contributed by atoms with Gasteiger partial charge in [-0.05, 0) is 55.7 Å². The predicted molar refractivity (Wildman–Crippen MR) is 133 cm³/mol. The first-order valence-electron chi connectivity index (χ1n) is 12.1. The number of benzene rings is 3. The van der Waals surface area contributed by atoms with Gasteiger partial charge in [0.1, 0.15) is 11.6 Å². The van der Waals surface area contributed by atoms with E-state index in [1.807, 2.05) is 0 Å². The van der Waals surface area contributed by atoms with Crippen LogP contribution in [0.15, 0.2) is 54.7 Å². The fourth-order valence-corrected chi connectivity index (χ4v) is 4.72. The summed E-state index contributed by atoms with van der Waals surface area (Å²) in [6, 6.07) is 9.37. The molecular formula is C28H22F5N3O3. The smallest absolute Gasteiger partial charge is 0.416 e. The normalized spacial score (nSPS) is 14.3. The van der Waals surface area contributed by atoms with Crippen molar-refractivity contribution >= 4 is 28.5 Å². The van der Waals surface area contributed by atoms with Crippen LogP contribution in [0.3, 0.4) is 0 Å². The number of esters is 1. The summed E-state index contributed by atoms with van der Waals surface area (Å²) in [5, 5.41) is 7.50. The van der Waals surface area contributed by atoms with Crippen molar-refractivity contribution in [2.45, 2.75) is 31.4 Å². The summed E-state index contributed by atoms with van der Waals surface area (Å²) < 4.78 is 75.9. The van der Waals surface area contributed by atoms with E-state index in [4.69, 9.17) is 4.74 Å². The average Bonchev–Trinajstić information content (AvgIpc) is 3.60. The highest BCUT2D eigenvalue weighted by Crippen LogP contribution is 2.50. The number of ether oxygens (including phenoxy) is 1. The highest BCUT2D eigenvalue weighted by Gasteiger charge is 2.53. The second kappa shape index (κ2) is 9.48. The number of anilines is 1. The van der Waals surface area contributed by atoms with Crippen molar-refractivity contribution in [2.24, 2.45) is 7.05 Å². The second-order valence-corrected chi connectivity index (χ2v) is 9.37. The minimum atomic E-state index is -4.73. The number of carbonyl (C=O) groups excluding carboxylic acids is 2. The summed E-state index contributed by atoms with van der Waals surface area (Å²) >= 11 is 0. The lowest BCUT2D eigenvalue weighted by atomic mass is 9.92. The Labute approximate surface area is 219 Å². The van der Waals surface area contributed by atoms with Crippen molar-refractivity contribution in [1.82, 2.24) is 9.78 Å². The van der Waals surface area contributed by atoms with Crippen LogP contribution in [0.5, 0.6) is 0 Å². The molecule has 1 heterocycles. The van der Waals surface area contributed by atoms with Crippen LogP contribution in [0, 0.1) is 11.6 Å². The van der Waals surface area contributed by atoms with Gasteiger partial charge in [0.05, 0.1) is 34.9 Å². The number of nitrogens with one attached hydrogen (secondary N) is 1. The number of aryl methyl sites for hydroxylation is 1. The Bertz CT molecular complexity index is 1620. The van der Waals surface area contributed by atoms with E-state index in [0.29, 0.717) is 17.1 Å². The third-order valence-electron chi connectivity index (χ3n) is 6.88. The van der Waals surface area contributed by atoms with Gasteiger partial charge in [0.25, 0.3) is 0 Å². The molecular weight excluding hydrogens is 521 g/mol. The highest BCUT2D eigenvalue weighted by molar-refractivity contribution is 6.04. The lowest BCUT2D eigenvalue weighted by Crippen LogP contribution is -2.29. The van der Waals surface area contributed by atoms with Crippen molar-refractivity contribution in [1.29, 1.82) is 0 Å². The van der Waals surface area contributed by atoms with Crippen molar-refractivity contribution in [3.63, 3.8) is 0 Å². The largest absolute Gasteiger partial charge is 0.462 e. The van der Waals surface area contributed by atoms with Gasteiger partial charge in [0, 0.05) is 29.2 Å². The number of hydrogen-bond donors (Lipinski definition) is 1. The summed E-state index contributed by atoms with van der Waals surface area (Å²) in [7, 11) is 1.72. The maximum atomic E-state index is 15.6. The van der Waals surface area contributed by atoms with E-state index in [0.717, 1.165) is 23.6 Å². The molecule has 4 aromatic rings. The van der Waals surface area contributed by atoms with Gasteiger partial charge >= 0.3 is 12.1 Å². The Morgan fingerprint density at radius 2 is 1.79 bits per heavy atom. The van der Waals surface area contributed by atoms with Crippen LogP contribution in [0.1, 0.15) is 41.3 Å². The monoisotopic (exact) mass is 543 g/mol. The molecule has 0 aliphatic heterocycles. The van der Waals surface area contributed by atoms with Crippen LogP contribution in [0.4, 0.5) is 27.6 Å². The van der Waals surface area contributed by atoms with Crippen LogP contribution in [0.2, 0.25) is 0 Å². The maximum Gasteiger partial charge on any atom is 0.416 e. The molecule has 0 spiro atoms. The number of amides is 1. The Balaban J connectivity index is 1.51. The molecule has 1 N–H and O–H groups in total. The SMILES string of the molecule is CCOC(=O)c1cc(NC(=O)C2(c3ccc(C(F)(F)F)cc3F)CC2)cc(F)c1-c1ccc2cnn(C)c2c1. The number of rotatable bonds is 6. The first-order chi connectivity index (χ1) is 18.4. The average molecular weight is 543 g/mol. The molecule has 0 saturated heterocycles. The fraction of sp³-hybridized carbons (Fsp3) is 0.250. The van der Waals surface area contributed by atoms with E-state index >= 15 is 4.39 Å². The van der Waals surface area contributed by atoms with E-state index in [1.54, 1.807) is 43.0 Å². The van der Waals surface area contributed by atoms with Gasteiger partial charge in [-0.1, -0.05) is 18.2 Å². The second-order valence-electron chi connectivity index (χ2n) is 9.37. The van der Waals surface area contributed by atoms with Gasteiger partial charge < -0.3 is 10.1 Å². The zero-order valence-electron chi connectivity index (χ0n) is 20.8. The quantitative estimate of drug-likeness (QED) is 0.226. The van der Waals surface area contributed by atoms with E-state index in [1.165, 1.54) is 6.07 Å². The number of halogens is 5. The molecule has 0 unspecified atom stereocenters. The van der Waals surface area contributed by atoms with E-state index < -0.39 is 40.7 Å². The molecule has 0 bridgehead atoms. The van der Waals surface area contributed by atoms with E-state index in [9.17, 15) is 27.2 Å². The number of hydrogen-bond acceptors (Lipinski definition) is 4. The van der Waals surface area contributed by atoms with Crippen molar-refractivity contribution in [2.75, 3.05) is 11.9 Å². The van der Waals surface area contributed by atoms with Gasteiger partial charge in [0.2, 0.25) is 5.91 Å². The zero-order valence-corrected chi connectivity index (χ0v) is 20.8. The molecule has 1 amide bonds. The first-order valence-corrected chi connectivity index (χ1v) is 12.1. The number of alkyl halides is 3. The molecule has 1 aliphatic rings. The number of carbonyl (C=O) groups is 2. The van der Waals surface area contributed by atoms with Crippen LogP contribution in [-0.2, 0) is 28.2 Å². The Morgan fingerprint density at radius 3 is 2.44 bits per heavy atom. The third-order valence-corrected chi connectivity index (χ3v) is 6.88. The predicted octanol–water partition coefficient (Wildman–Crippen LogP) is 6.38. The zero-order chi connectivity index (χ0) is 28.1. The summed E-state index contributed by atoms with van der Waals surface area (Å²) in [4.78, 5) is 26.0. The third kappa shape index (κ3) is 4.73. The number of aromatic nitrogens is 2. The Hall–Kier alpha value is -4.28. The summed E-state index contributed by atoms with van der Waals surface area (Å²) in [6.45, 7) is 1.62. The lowest BCUT2D eigenvalue weighted by molar-refractivity contribution is -0.137. The Morgan fingerprint density at radius 1 is 1.05 bits per heavy atom. The molecule has 1 aliphatic carbocycles. The molecule has 0 atom stereocenters. The van der Waals surface area contributed by atoms with Gasteiger partial charge in [-0.25, -0.2) is 13.6 Å².